The summed E-state index contributed by atoms with van der Waals surface area (Å²) < 4.78 is 1.76. The summed E-state index contributed by atoms with van der Waals surface area (Å²) >= 11 is 0. The molecule has 0 fully saturated rings. The van der Waals surface area contributed by atoms with E-state index in [0.717, 1.165) is 12.4 Å². The average molecular weight is 137 g/mol. The maximum absolute atomic E-state index is 4.11. The molecular weight excluding hydrogens is 126 g/mol. The molecule has 0 atom stereocenters. The Morgan fingerprint density at radius 2 is 2.70 bits per heavy atom. The first-order valence-corrected chi connectivity index (χ1v) is 3.17. The van der Waals surface area contributed by atoms with Gasteiger partial charge in [0.2, 0.25) is 0 Å². The van der Waals surface area contributed by atoms with Crippen molar-refractivity contribution in [2.24, 2.45) is 7.05 Å². The summed E-state index contributed by atoms with van der Waals surface area (Å²) in [5.74, 6) is 0.891. The molecule has 0 radical (unpaired) electrons. The lowest BCUT2D eigenvalue weighted by Gasteiger charge is -1.94. The molecule has 0 aliphatic carbocycles. The molecule has 1 heterocycles. The van der Waals surface area contributed by atoms with E-state index < -0.39 is 0 Å². The van der Waals surface area contributed by atoms with Crippen molar-refractivity contribution in [3.05, 3.63) is 24.9 Å². The van der Waals surface area contributed by atoms with Crippen molar-refractivity contribution in [1.82, 2.24) is 9.78 Å². The van der Waals surface area contributed by atoms with Crippen molar-refractivity contribution in [1.29, 1.82) is 0 Å². The van der Waals surface area contributed by atoms with E-state index in [0.29, 0.717) is 0 Å². The molecule has 0 aliphatic rings. The van der Waals surface area contributed by atoms with E-state index in [1.165, 1.54) is 0 Å². The van der Waals surface area contributed by atoms with Crippen molar-refractivity contribution in [2.45, 2.75) is 0 Å². The molecule has 0 saturated heterocycles. The normalized spacial score (nSPS) is 9.30. The van der Waals surface area contributed by atoms with Gasteiger partial charge in [-0.2, -0.15) is 5.10 Å². The van der Waals surface area contributed by atoms with Crippen LogP contribution in [0.15, 0.2) is 24.9 Å². The van der Waals surface area contributed by atoms with E-state index in [4.69, 9.17) is 0 Å². The highest BCUT2D eigenvalue weighted by molar-refractivity contribution is 5.32. The number of hydrogen-bond donors (Lipinski definition) is 1. The van der Waals surface area contributed by atoms with Crippen LogP contribution in [0.2, 0.25) is 0 Å². The Labute approximate surface area is 60.4 Å². The SMILES string of the molecule is C=CCNc1ccn(C)n1. The third-order valence-electron chi connectivity index (χ3n) is 1.14. The van der Waals surface area contributed by atoms with Crippen LogP contribution in [-0.4, -0.2) is 16.3 Å². The van der Waals surface area contributed by atoms with Gasteiger partial charge < -0.3 is 5.32 Å². The first-order valence-electron chi connectivity index (χ1n) is 3.17. The molecule has 0 saturated carbocycles. The lowest BCUT2D eigenvalue weighted by Crippen LogP contribution is -1.98. The molecule has 1 N–H and O–H groups in total. The highest BCUT2D eigenvalue weighted by Crippen LogP contribution is 1.98. The van der Waals surface area contributed by atoms with Crippen LogP contribution in [-0.2, 0) is 7.05 Å². The zero-order valence-electron chi connectivity index (χ0n) is 6.04. The van der Waals surface area contributed by atoms with E-state index in [1.54, 1.807) is 10.8 Å². The van der Waals surface area contributed by atoms with Gasteiger partial charge in [0.15, 0.2) is 0 Å². The largest absolute Gasteiger partial charge is 0.365 e. The van der Waals surface area contributed by atoms with Gasteiger partial charge in [0.05, 0.1) is 0 Å². The Morgan fingerprint density at radius 1 is 1.90 bits per heavy atom. The Balaban J connectivity index is 2.49. The summed E-state index contributed by atoms with van der Waals surface area (Å²) in [6.45, 7) is 4.35. The molecule has 3 heteroatoms. The summed E-state index contributed by atoms with van der Waals surface area (Å²) in [4.78, 5) is 0. The molecule has 0 bridgehead atoms. The summed E-state index contributed by atoms with van der Waals surface area (Å²) in [7, 11) is 1.89. The fourth-order valence-electron chi connectivity index (χ4n) is 0.686. The van der Waals surface area contributed by atoms with Gasteiger partial charge in [-0.05, 0) is 0 Å². The van der Waals surface area contributed by atoms with Gasteiger partial charge in [-0.3, -0.25) is 4.68 Å². The zero-order valence-corrected chi connectivity index (χ0v) is 6.04. The van der Waals surface area contributed by atoms with Crippen molar-refractivity contribution in [3.8, 4) is 0 Å². The summed E-state index contributed by atoms with van der Waals surface area (Å²) in [5, 5.41) is 7.17. The highest BCUT2D eigenvalue weighted by Gasteiger charge is 1.90. The predicted molar refractivity (Wildman–Crippen MR) is 41.9 cm³/mol. The van der Waals surface area contributed by atoms with Gasteiger partial charge in [-0.25, -0.2) is 0 Å². The average Bonchev–Trinajstić information content (AvgIpc) is 2.31. The summed E-state index contributed by atoms with van der Waals surface area (Å²) in [5.41, 5.74) is 0. The van der Waals surface area contributed by atoms with E-state index in [-0.39, 0.29) is 0 Å². The van der Waals surface area contributed by atoms with Gasteiger partial charge in [0.25, 0.3) is 0 Å². The quantitative estimate of drug-likeness (QED) is 0.630. The van der Waals surface area contributed by atoms with E-state index >= 15 is 0 Å². The van der Waals surface area contributed by atoms with Crippen LogP contribution in [0.25, 0.3) is 0 Å². The number of aromatic nitrogens is 2. The molecule has 0 unspecified atom stereocenters. The van der Waals surface area contributed by atoms with Gasteiger partial charge in [0.1, 0.15) is 5.82 Å². The molecule has 1 rings (SSSR count). The number of hydrogen-bond acceptors (Lipinski definition) is 2. The van der Waals surface area contributed by atoms with Gasteiger partial charge in [-0.1, -0.05) is 6.08 Å². The standard InChI is InChI=1S/C7H11N3/c1-3-5-8-7-4-6-10(2)9-7/h3-4,6H,1,5H2,2H3,(H,8,9). The molecule has 1 aromatic heterocycles. The summed E-state index contributed by atoms with van der Waals surface area (Å²) in [6.07, 6.45) is 3.69. The number of nitrogens with zero attached hydrogens (tertiary/aromatic N) is 2. The molecule has 0 amide bonds. The van der Waals surface area contributed by atoms with E-state index in [9.17, 15) is 0 Å². The second kappa shape index (κ2) is 3.06. The maximum Gasteiger partial charge on any atom is 0.148 e. The number of nitrogens with one attached hydrogen (secondary N) is 1. The second-order valence-electron chi connectivity index (χ2n) is 2.04. The van der Waals surface area contributed by atoms with Crippen molar-refractivity contribution >= 4 is 5.82 Å². The first-order chi connectivity index (χ1) is 4.83. The molecule has 0 aromatic carbocycles. The lowest BCUT2D eigenvalue weighted by atomic mass is 10.6. The molecule has 54 valence electrons. The molecule has 10 heavy (non-hydrogen) atoms. The van der Waals surface area contributed by atoms with Crippen LogP contribution >= 0.6 is 0 Å². The number of aryl methyl sites for hydroxylation is 1. The lowest BCUT2D eigenvalue weighted by molar-refractivity contribution is 0.769. The van der Waals surface area contributed by atoms with E-state index in [1.807, 2.05) is 19.3 Å². The van der Waals surface area contributed by atoms with Crippen molar-refractivity contribution in [2.75, 3.05) is 11.9 Å². The summed E-state index contributed by atoms with van der Waals surface area (Å²) in [6, 6.07) is 1.92. The van der Waals surface area contributed by atoms with Gasteiger partial charge >= 0.3 is 0 Å². The Morgan fingerprint density at radius 3 is 3.20 bits per heavy atom. The van der Waals surface area contributed by atoms with Crippen LogP contribution in [0.5, 0.6) is 0 Å². The minimum absolute atomic E-state index is 0.761. The fraction of sp³-hybridized carbons (Fsp3) is 0.286. The van der Waals surface area contributed by atoms with Gasteiger partial charge in [-0.15, -0.1) is 6.58 Å². The van der Waals surface area contributed by atoms with E-state index in [2.05, 4.69) is 17.0 Å². The van der Waals surface area contributed by atoms with Crippen LogP contribution in [0.4, 0.5) is 5.82 Å². The van der Waals surface area contributed by atoms with Crippen LogP contribution in [0.1, 0.15) is 0 Å². The second-order valence-corrected chi connectivity index (χ2v) is 2.04. The Kier molecular flexibility index (Phi) is 2.10. The third kappa shape index (κ3) is 1.62. The van der Waals surface area contributed by atoms with Crippen molar-refractivity contribution < 1.29 is 0 Å². The zero-order chi connectivity index (χ0) is 7.40. The fourth-order valence-corrected chi connectivity index (χ4v) is 0.686. The molecule has 0 aliphatic heterocycles. The molecule has 1 aromatic rings. The molecule has 0 spiro atoms. The smallest absolute Gasteiger partial charge is 0.148 e. The maximum atomic E-state index is 4.11. The number of rotatable bonds is 3. The monoisotopic (exact) mass is 137 g/mol. The topological polar surface area (TPSA) is 29.9 Å². The minimum atomic E-state index is 0.761. The van der Waals surface area contributed by atoms with Crippen LogP contribution in [0.3, 0.4) is 0 Å². The Bertz CT molecular complexity index is 214. The highest BCUT2D eigenvalue weighted by atomic mass is 15.3. The molecular formula is C7H11N3. The molecule has 3 nitrogen and oxygen atoms in total. The van der Waals surface area contributed by atoms with Crippen molar-refractivity contribution in [3.63, 3.8) is 0 Å². The first kappa shape index (κ1) is 6.86. The third-order valence-corrected chi connectivity index (χ3v) is 1.14. The Hall–Kier alpha value is -1.25. The minimum Gasteiger partial charge on any atom is -0.365 e. The number of anilines is 1. The van der Waals surface area contributed by atoms with Crippen LogP contribution in [0, 0.1) is 0 Å². The van der Waals surface area contributed by atoms with Gasteiger partial charge in [0, 0.05) is 25.9 Å². The van der Waals surface area contributed by atoms with Crippen LogP contribution < -0.4 is 5.32 Å². The predicted octanol–water partition coefficient (Wildman–Crippen LogP) is 1.02.